The summed E-state index contributed by atoms with van der Waals surface area (Å²) < 4.78 is 0. The molecule has 0 heterocycles. The monoisotopic (exact) mass is 347 g/mol. The van der Waals surface area contributed by atoms with Crippen LogP contribution in [0.25, 0.3) is 0 Å². The Morgan fingerprint density at radius 3 is 2.38 bits per heavy atom. The lowest BCUT2D eigenvalue weighted by Gasteiger charge is -2.18. The Labute approximate surface area is 153 Å². The number of nitriles is 1. The third-order valence-electron chi connectivity index (χ3n) is 4.86. The fourth-order valence-corrected chi connectivity index (χ4v) is 3.17. The zero-order chi connectivity index (χ0) is 18.6. The van der Waals surface area contributed by atoms with E-state index in [-0.39, 0.29) is 5.41 Å². The molecule has 1 saturated carbocycles. The number of rotatable bonds is 5. The molecule has 0 spiro atoms. The van der Waals surface area contributed by atoms with E-state index in [9.17, 15) is 9.59 Å². The molecule has 1 fully saturated rings. The Morgan fingerprint density at radius 1 is 1.08 bits per heavy atom. The summed E-state index contributed by atoms with van der Waals surface area (Å²) in [7, 11) is 0. The van der Waals surface area contributed by atoms with Crippen molar-refractivity contribution >= 4 is 17.5 Å². The van der Waals surface area contributed by atoms with Gasteiger partial charge in [-0.15, -0.1) is 0 Å². The fourth-order valence-electron chi connectivity index (χ4n) is 3.17. The number of hydrogen-bond acceptors (Lipinski definition) is 3. The van der Waals surface area contributed by atoms with Crippen molar-refractivity contribution in [3.05, 3.63) is 65.2 Å². The van der Waals surface area contributed by atoms with E-state index in [2.05, 4.69) is 35.8 Å². The van der Waals surface area contributed by atoms with Gasteiger partial charge in [0.2, 0.25) is 0 Å². The Hall–Kier alpha value is -3.13. The molecule has 0 atom stereocenters. The van der Waals surface area contributed by atoms with Crippen molar-refractivity contribution in [2.24, 2.45) is 0 Å². The average molecular weight is 347 g/mol. The molecule has 5 nitrogen and oxygen atoms in total. The Morgan fingerprint density at radius 2 is 1.77 bits per heavy atom. The normalized spacial score (nSPS) is 14.2. The SMILES string of the molecule is Cc1ccccc1C1(CNC(=O)C(=O)Nc2ccc(CC#N)cc2)CC1. The molecule has 2 aromatic rings. The van der Waals surface area contributed by atoms with Gasteiger partial charge in [0.05, 0.1) is 12.5 Å². The van der Waals surface area contributed by atoms with Gasteiger partial charge < -0.3 is 10.6 Å². The third kappa shape index (κ3) is 3.92. The van der Waals surface area contributed by atoms with E-state index in [1.165, 1.54) is 11.1 Å². The second-order valence-corrected chi connectivity index (χ2v) is 6.76. The number of hydrogen-bond donors (Lipinski definition) is 2. The van der Waals surface area contributed by atoms with Crippen LogP contribution >= 0.6 is 0 Å². The molecular formula is C21H21N3O2. The van der Waals surface area contributed by atoms with Crippen molar-refractivity contribution in [3.8, 4) is 6.07 Å². The van der Waals surface area contributed by atoms with Crippen LogP contribution in [0.15, 0.2) is 48.5 Å². The summed E-state index contributed by atoms with van der Waals surface area (Å²) in [6, 6.07) is 17.1. The molecule has 0 saturated heterocycles. The molecule has 1 aliphatic carbocycles. The zero-order valence-electron chi connectivity index (χ0n) is 14.7. The Bertz CT molecular complexity index is 862. The van der Waals surface area contributed by atoms with Gasteiger partial charge in [0.25, 0.3) is 0 Å². The molecule has 132 valence electrons. The largest absolute Gasteiger partial charge is 0.347 e. The van der Waals surface area contributed by atoms with Crippen LogP contribution in [0, 0.1) is 18.3 Å². The number of anilines is 1. The molecule has 26 heavy (non-hydrogen) atoms. The van der Waals surface area contributed by atoms with Crippen molar-refractivity contribution < 1.29 is 9.59 Å². The highest BCUT2D eigenvalue weighted by atomic mass is 16.2. The number of nitrogens with one attached hydrogen (secondary N) is 2. The van der Waals surface area contributed by atoms with E-state index >= 15 is 0 Å². The molecule has 0 unspecified atom stereocenters. The van der Waals surface area contributed by atoms with Gasteiger partial charge >= 0.3 is 11.8 Å². The molecule has 0 radical (unpaired) electrons. The Balaban J connectivity index is 1.56. The molecule has 2 N–H and O–H groups in total. The van der Waals surface area contributed by atoms with E-state index in [1.54, 1.807) is 24.3 Å². The lowest BCUT2D eigenvalue weighted by Crippen LogP contribution is -2.39. The first-order chi connectivity index (χ1) is 12.5. The number of amides is 2. The highest BCUT2D eigenvalue weighted by Crippen LogP contribution is 2.48. The van der Waals surface area contributed by atoms with E-state index < -0.39 is 11.8 Å². The van der Waals surface area contributed by atoms with Crippen LogP contribution in [-0.2, 0) is 21.4 Å². The lowest BCUT2D eigenvalue weighted by molar-refractivity contribution is -0.136. The second-order valence-electron chi connectivity index (χ2n) is 6.76. The maximum absolute atomic E-state index is 12.1. The average Bonchev–Trinajstić information content (AvgIpc) is 3.43. The maximum atomic E-state index is 12.1. The summed E-state index contributed by atoms with van der Waals surface area (Å²) >= 11 is 0. The molecular weight excluding hydrogens is 326 g/mol. The minimum atomic E-state index is -0.682. The highest BCUT2D eigenvalue weighted by molar-refractivity contribution is 6.39. The van der Waals surface area contributed by atoms with Crippen molar-refractivity contribution in [3.63, 3.8) is 0 Å². The van der Waals surface area contributed by atoms with Crippen LogP contribution in [0.4, 0.5) is 5.69 Å². The summed E-state index contributed by atoms with van der Waals surface area (Å²) in [5, 5.41) is 14.0. The summed E-state index contributed by atoms with van der Waals surface area (Å²) in [5.41, 5.74) is 3.81. The van der Waals surface area contributed by atoms with Gasteiger partial charge in [0.15, 0.2) is 0 Å². The van der Waals surface area contributed by atoms with Crippen molar-refractivity contribution in [1.29, 1.82) is 5.26 Å². The third-order valence-corrected chi connectivity index (χ3v) is 4.86. The van der Waals surface area contributed by atoms with Crippen LogP contribution in [0.3, 0.4) is 0 Å². The first-order valence-electron chi connectivity index (χ1n) is 8.65. The van der Waals surface area contributed by atoms with Gasteiger partial charge in [-0.05, 0) is 48.6 Å². The lowest BCUT2D eigenvalue weighted by atomic mass is 9.92. The summed E-state index contributed by atoms with van der Waals surface area (Å²) in [6.07, 6.45) is 2.34. The van der Waals surface area contributed by atoms with Crippen molar-refractivity contribution in [2.45, 2.75) is 31.6 Å². The maximum Gasteiger partial charge on any atom is 0.313 e. The van der Waals surface area contributed by atoms with E-state index in [1.807, 2.05) is 12.1 Å². The van der Waals surface area contributed by atoms with Crippen LogP contribution in [-0.4, -0.2) is 18.4 Å². The molecule has 2 amide bonds. The first-order valence-corrected chi connectivity index (χ1v) is 8.65. The van der Waals surface area contributed by atoms with Gasteiger partial charge in [0.1, 0.15) is 0 Å². The Kier molecular flexibility index (Phi) is 5.04. The quantitative estimate of drug-likeness (QED) is 0.816. The number of benzene rings is 2. The van der Waals surface area contributed by atoms with Crippen LogP contribution < -0.4 is 10.6 Å². The summed E-state index contributed by atoms with van der Waals surface area (Å²) in [6.45, 7) is 2.53. The number of aryl methyl sites for hydroxylation is 1. The molecule has 2 aromatic carbocycles. The standard InChI is InChI=1S/C21H21N3O2/c1-15-4-2-3-5-18(15)21(11-12-21)14-23-19(25)20(26)24-17-8-6-16(7-9-17)10-13-22/h2-9H,10-12,14H2,1H3,(H,23,25)(H,24,26). The zero-order valence-corrected chi connectivity index (χ0v) is 14.7. The minimum absolute atomic E-state index is 0.0414. The highest BCUT2D eigenvalue weighted by Gasteiger charge is 2.45. The molecule has 1 aliphatic rings. The molecule has 0 bridgehead atoms. The topological polar surface area (TPSA) is 82.0 Å². The fraction of sp³-hybridized carbons (Fsp3) is 0.286. The first kappa shape index (κ1) is 17.7. The minimum Gasteiger partial charge on any atom is -0.347 e. The molecule has 3 rings (SSSR count). The molecule has 0 aromatic heterocycles. The van der Waals surface area contributed by atoms with Crippen molar-refractivity contribution in [1.82, 2.24) is 5.32 Å². The summed E-state index contributed by atoms with van der Waals surface area (Å²) in [5.74, 6) is -1.32. The smallest absolute Gasteiger partial charge is 0.313 e. The van der Waals surface area contributed by atoms with Gasteiger partial charge in [-0.2, -0.15) is 5.26 Å². The molecule has 0 aliphatic heterocycles. The number of nitrogens with zero attached hydrogens (tertiary/aromatic N) is 1. The summed E-state index contributed by atoms with van der Waals surface area (Å²) in [4.78, 5) is 24.2. The number of carbonyl (C=O) groups is 2. The van der Waals surface area contributed by atoms with Crippen molar-refractivity contribution in [2.75, 3.05) is 11.9 Å². The van der Waals surface area contributed by atoms with Gasteiger partial charge in [-0.3, -0.25) is 9.59 Å². The van der Waals surface area contributed by atoms with Crippen LogP contribution in [0.2, 0.25) is 0 Å². The number of carbonyl (C=O) groups excluding carboxylic acids is 2. The second kappa shape index (κ2) is 7.40. The van der Waals surface area contributed by atoms with E-state index in [0.29, 0.717) is 18.7 Å². The van der Waals surface area contributed by atoms with Gasteiger partial charge in [-0.25, -0.2) is 0 Å². The van der Waals surface area contributed by atoms with Crippen LogP contribution in [0.5, 0.6) is 0 Å². The molecule has 5 heteroatoms. The van der Waals surface area contributed by atoms with Crippen LogP contribution in [0.1, 0.15) is 29.5 Å². The predicted molar refractivity (Wildman–Crippen MR) is 99.5 cm³/mol. The van der Waals surface area contributed by atoms with E-state index in [4.69, 9.17) is 5.26 Å². The van der Waals surface area contributed by atoms with Gasteiger partial charge in [-0.1, -0.05) is 36.4 Å². The van der Waals surface area contributed by atoms with E-state index in [0.717, 1.165) is 18.4 Å². The van der Waals surface area contributed by atoms with Gasteiger partial charge in [0, 0.05) is 17.6 Å². The predicted octanol–water partition coefficient (Wildman–Crippen LogP) is 2.85.